The zero-order chi connectivity index (χ0) is 18.7. The summed E-state index contributed by atoms with van der Waals surface area (Å²) < 4.78 is 39.2. The molecule has 0 aliphatic heterocycles. The topological polar surface area (TPSA) is 66.9 Å². The van der Waals surface area contributed by atoms with Crippen molar-refractivity contribution in [1.29, 1.82) is 0 Å². The zero-order valence-electron chi connectivity index (χ0n) is 12.9. The van der Waals surface area contributed by atoms with Crippen molar-refractivity contribution < 1.29 is 18.0 Å². The highest BCUT2D eigenvalue weighted by molar-refractivity contribution is 6.31. The number of aromatic nitrogens is 2. The van der Waals surface area contributed by atoms with Gasteiger partial charge in [0.15, 0.2) is 23.3 Å². The second-order valence-electron chi connectivity index (χ2n) is 5.14. The number of nitrogens with zero attached hydrogens (tertiary/aromatic N) is 2. The fraction of sp³-hybridized carbons (Fsp3) is 0. The van der Waals surface area contributed by atoms with Crippen molar-refractivity contribution >= 4 is 34.8 Å². The van der Waals surface area contributed by atoms with Crippen LogP contribution in [0, 0.1) is 17.5 Å². The molecule has 2 N–H and O–H groups in total. The summed E-state index contributed by atoms with van der Waals surface area (Å²) in [5, 5.41) is 12.9. The van der Waals surface area contributed by atoms with Gasteiger partial charge in [0, 0.05) is 11.3 Å². The maximum atomic E-state index is 13.2. The van der Waals surface area contributed by atoms with Crippen LogP contribution in [0.4, 0.5) is 30.5 Å². The van der Waals surface area contributed by atoms with E-state index in [0.717, 1.165) is 18.2 Å². The van der Waals surface area contributed by atoms with Crippen LogP contribution in [0.3, 0.4) is 0 Å². The molecule has 1 amide bonds. The average Bonchev–Trinajstić information content (AvgIpc) is 2.62. The third-order valence-electron chi connectivity index (χ3n) is 3.28. The molecule has 0 saturated heterocycles. The Morgan fingerprint density at radius 3 is 2.19 bits per heavy atom. The van der Waals surface area contributed by atoms with Gasteiger partial charge in [-0.25, -0.2) is 13.2 Å². The first-order chi connectivity index (χ1) is 12.4. The number of halogens is 4. The van der Waals surface area contributed by atoms with E-state index in [1.165, 1.54) is 30.3 Å². The molecule has 3 rings (SSSR count). The van der Waals surface area contributed by atoms with Gasteiger partial charge in [-0.05, 0) is 48.5 Å². The fourth-order valence-electron chi connectivity index (χ4n) is 2.01. The summed E-state index contributed by atoms with van der Waals surface area (Å²) >= 11 is 5.69. The maximum Gasteiger partial charge on any atom is 0.256 e. The van der Waals surface area contributed by atoms with Gasteiger partial charge in [-0.15, -0.1) is 10.2 Å². The van der Waals surface area contributed by atoms with E-state index in [1.54, 1.807) is 0 Å². The van der Waals surface area contributed by atoms with Crippen LogP contribution in [-0.2, 0) is 0 Å². The number of carbonyl (C=O) groups excluding carboxylic acids is 1. The first-order valence-corrected chi connectivity index (χ1v) is 7.62. The van der Waals surface area contributed by atoms with Gasteiger partial charge in [0.05, 0.1) is 5.02 Å². The first-order valence-electron chi connectivity index (χ1n) is 7.24. The minimum Gasteiger partial charge on any atom is -0.339 e. The van der Waals surface area contributed by atoms with Crippen LogP contribution in [0.15, 0.2) is 48.5 Å². The number of amides is 1. The fourth-order valence-corrected chi connectivity index (χ4v) is 2.19. The Bertz CT molecular complexity index is 967. The second-order valence-corrected chi connectivity index (χ2v) is 5.55. The molecule has 0 aliphatic carbocycles. The molecule has 0 fully saturated rings. The molecule has 0 spiro atoms. The molecule has 26 heavy (non-hydrogen) atoms. The number of rotatable bonds is 4. The van der Waals surface area contributed by atoms with Crippen molar-refractivity contribution in [2.75, 3.05) is 10.6 Å². The van der Waals surface area contributed by atoms with Crippen LogP contribution < -0.4 is 10.6 Å². The molecular formula is C17H10ClF3N4O. The van der Waals surface area contributed by atoms with Gasteiger partial charge in [0.25, 0.3) is 5.91 Å². The van der Waals surface area contributed by atoms with Crippen molar-refractivity contribution in [3.05, 3.63) is 76.6 Å². The first kappa shape index (κ1) is 17.7. The van der Waals surface area contributed by atoms with E-state index >= 15 is 0 Å². The van der Waals surface area contributed by atoms with Crippen LogP contribution in [0.1, 0.15) is 10.4 Å². The van der Waals surface area contributed by atoms with Crippen molar-refractivity contribution in [2.45, 2.75) is 0 Å². The van der Waals surface area contributed by atoms with E-state index in [4.69, 9.17) is 11.6 Å². The van der Waals surface area contributed by atoms with Crippen molar-refractivity contribution in [2.24, 2.45) is 0 Å². The molecule has 0 atom stereocenters. The highest BCUT2D eigenvalue weighted by Crippen LogP contribution is 2.22. The zero-order valence-corrected chi connectivity index (χ0v) is 13.7. The van der Waals surface area contributed by atoms with Crippen molar-refractivity contribution in [3.8, 4) is 0 Å². The lowest BCUT2D eigenvalue weighted by molar-refractivity contribution is 0.102. The van der Waals surface area contributed by atoms with E-state index in [2.05, 4.69) is 20.8 Å². The molecule has 1 heterocycles. The van der Waals surface area contributed by atoms with Crippen LogP contribution in [-0.4, -0.2) is 16.1 Å². The lowest BCUT2D eigenvalue weighted by atomic mass is 10.2. The van der Waals surface area contributed by atoms with E-state index in [9.17, 15) is 18.0 Å². The monoisotopic (exact) mass is 378 g/mol. The number of hydrogen-bond donors (Lipinski definition) is 2. The number of hydrogen-bond acceptors (Lipinski definition) is 4. The standard InChI is InChI=1S/C17H10ClF3N4O/c18-11-8-10(2-4-12(11)19)22-15-5-6-16(25-24-15)23-17(26)9-1-3-13(20)14(21)7-9/h1-8H,(H,22,24)(H,23,25,26). The summed E-state index contributed by atoms with van der Waals surface area (Å²) in [4.78, 5) is 12.0. The number of anilines is 3. The Kier molecular flexibility index (Phi) is 5.04. The second kappa shape index (κ2) is 7.40. The van der Waals surface area contributed by atoms with Crippen LogP contribution in [0.2, 0.25) is 5.02 Å². The molecule has 0 bridgehead atoms. The van der Waals surface area contributed by atoms with Gasteiger partial charge in [0.1, 0.15) is 5.82 Å². The minimum absolute atomic E-state index is 0.0432. The van der Waals surface area contributed by atoms with Crippen LogP contribution in [0.25, 0.3) is 0 Å². The molecule has 1 aromatic heterocycles. The molecule has 0 radical (unpaired) electrons. The summed E-state index contributed by atoms with van der Waals surface area (Å²) in [6.45, 7) is 0. The third kappa shape index (κ3) is 4.09. The summed E-state index contributed by atoms with van der Waals surface area (Å²) in [7, 11) is 0. The molecule has 0 unspecified atom stereocenters. The Morgan fingerprint density at radius 2 is 1.54 bits per heavy atom. The van der Waals surface area contributed by atoms with Gasteiger partial charge < -0.3 is 10.6 Å². The summed E-state index contributed by atoms with van der Waals surface area (Å²) in [6, 6.07) is 9.83. The quantitative estimate of drug-likeness (QED) is 0.699. The molecular weight excluding hydrogens is 369 g/mol. The maximum absolute atomic E-state index is 13.2. The SMILES string of the molecule is O=C(Nc1ccc(Nc2ccc(F)c(Cl)c2)nn1)c1ccc(F)c(F)c1. The lowest BCUT2D eigenvalue weighted by Crippen LogP contribution is -2.14. The predicted molar refractivity (Wildman–Crippen MR) is 91.0 cm³/mol. The van der Waals surface area contributed by atoms with Gasteiger partial charge >= 0.3 is 0 Å². The Hall–Kier alpha value is -3.13. The van der Waals surface area contributed by atoms with Crippen molar-refractivity contribution in [1.82, 2.24) is 10.2 Å². The molecule has 9 heteroatoms. The minimum atomic E-state index is -1.12. The number of benzene rings is 2. The molecule has 2 aromatic carbocycles. The van der Waals surface area contributed by atoms with E-state index in [1.807, 2.05) is 0 Å². The molecule has 0 aliphatic rings. The number of nitrogens with one attached hydrogen (secondary N) is 2. The highest BCUT2D eigenvalue weighted by Gasteiger charge is 2.11. The highest BCUT2D eigenvalue weighted by atomic mass is 35.5. The molecule has 132 valence electrons. The van der Waals surface area contributed by atoms with E-state index in [-0.39, 0.29) is 16.4 Å². The summed E-state index contributed by atoms with van der Waals surface area (Å²) in [6.07, 6.45) is 0. The average molecular weight is 379 g/mol. The van der Waals surface area contributed by atoms with Crippen molar-refractivity contribution in [3.63, 3.8) is 0 Å². The lowest BCUT2D eigenvalue weighted by Gasteiger charge is -2.07. The Labute approximate surface area is 150 Å². The smallest absolute Gasteiger partial charge is 0.256 e. The van der Waals surface area contributed by atoms with Crippen LogP contribution >= 0.6 is 11.6 Å². The molecule has 5 nitrogen and oxygen atoms in total. The van der Waals surface area contributed by atoms with Gasteiger partial charge in [-0.2, -0.15) is 0 Å². The van der Waals surface area contributed by atoms with Gasteiger partial charge in [-0.1, -0.05) is 11.6 Å². The summed E-state index contributed by atoms with van der Waals surface area (Å²) in [5.41, 5.74) is 0.443. The predicted octanol–water partition coefficient (Wildman–Crippen LogP) is 4.54. The Balaban J connectivity index is 1.68. The largest absolute Gasteiger partial charge is 0.339 e. The van der Waals surface area contributed by atoms with E-state index < -0.39 is 23.4 Å². The normalized spacial score (nSPS) is 10.5. The third-order valence-corrected chi connectivity index (χ3v) is 3.57. The molecule has 3 aromatic rings. The Morgan fingerprint density at radius 1 is 0.846 bits per heavy atom. The summed E-state index contributed by atoms with van der Waals surface area (Å²) in [5.74, 6) is -2.93. The van der Waals surface area contributed by atoms with Gasteiger partial charge in [-0.3, -0.25) is 4.79 Å². The number of carbonyl (C=O) groups is 1. The van der Waals surface area contributed by atoms with Crippen LogP contribution in [0.5, 0.6) is 0 Å². The molecule has 0 saturated carbocycles. The van der Waals surface area contributed by atoms with Gasteiger partial charge in [0.2, 0.25) is 0 Å². The van der Waals surface area contributed by atoms with E-state index in [0.29, 0.717) is 11.5 Å².